The standard InChI is InChI=1S/C15H23N5O/c1-2-16-8-12-11(1)13(12)9-17-14-7-15(19-10-18-14)20-3-5-21-6-4-20/h7,10-13,16H,1-6,8-9H2,(H,17,18,19). The van der Waals surface area contributed by atoms with E-state index in [1.807, 2.05) is 0 Å². The van der Waals surface area contributed by atoms with Gasteiger partial charge in [-0.2, -0.15) is 0 Å². The average Bonchev–Trinajstić information content (AvgIpc) is 3.27. The fourth-order valence-corrected chi connectivity index (χ4v) is 3.73. The quantitative estimate of drug-likeness (QED) is 0.845. The van der Waals surface area contributed by atoms with E-state index in [4.69, 9.17) is 4.74 Å². The lowest BCUT2D eigenvalue weighted by molar-refractivity contribution is 0.122. The second kappa shape index (κ2) is 5.77. The monoisotopic (exact) mass is 289 g/mol. The molecule has 1 aromatic heterocycles. The van der Waals surface area contributed by atoms with Gasteiger partial charge in [0, 0.05) is 25.7 Å². The van der Waals surface area contributed by atoms with E-state index < -0.39 is 0 Å². The molecule has 1 saturated carbocycles. The molecule has 3 fully saturated rings. The summed E-state index contributed by atoms with van der Waals surface area (Å²) in [7, 11) is 0. The van der Waals surface area contributed by atoms with E-state index in [9.17, 15) is 0 Å². The molecule has 21 heavy (non-hydrogen) atoms. The Morgan fingerprint density at radius 2 is 2.19 bits per heavy atom. The molecule has 6 nitrogen and oxygen atoms in total. The molecule has 1 aromatic rings. The molecule has 3 aliphatic rings. The minimum atomic E-state index is 0.783. The first-order valence-corrected chi connectivity index (χ1v) is 8.01. The summed E-state index contributed by atoms with van der Waals surface area (Å²) in [6.07, 6.45) is 2.99. The molecule has 0 amide bonds. The van der Waals surface area contributed by atoms with Crippen LogP contribution >= 0.6 is 0 Å². The van der Waals surface area contributed by atoms with Gasteiger partial charge in [-0.15, -0.1) is 0 Å². The maximum Gasteiger partial charge on any atom is 0.134 e. The molecule has 1 aliphatic carbocycles. The highest BCUT2D eigenvalue weighted by Crippen LogP contribution is 2.49. The first kappa shape index (κ1) is 13.3. The zero-order valence-corrected chi connectivity index (χ0v) is 12.3. The van der Waals surface area contributed by atoms with Crippen molar-refractivity contribution >= 4 is 11.6 Å². The number of nitrogens with one attached hydrogen (secondary N) is 2. The molecule has 0 radical (unpaired) electrons. The van der Waals surface area contributed by atoms with E-state index in [1.54, 1.807) is 6.33 Å². The molecule has 2 saturated heterocycles. The number of piperidine rings is 1. The number of ether oxygens (including phenoxy) is 1. The van der Waals surface area contributed by atoms with Crippen molar-refractivity contribution in [1.82, 2.24) is 15.3 Å². The largest absolute Gasteiger partial charge is 0.378 e. The Morgan fingerprint density at radius 1 is 1.29 bits per heavy atom. The summed E-state index contributed by atoms with van der Waals surface area (Å²) >= 11 is 0. The van der Waals surface area contributed by atoms with Crippen LogP contribution in [0.2, 0.25) is 0 Å². The number of morpholine rings is 1. The highest BCUT2D eigenvalue weighted by molar-refractivity contribution is 5.48. The number of rotatable bonds is 4. The van der Waals surface area contributed by atoms with E-state index in [0.29, 0.717) is 0 Å². The van der Waals surface area contributed by atoms with Gasteiger partial charge in [-0.25, -0.2) is 9.97 Å². The summed E-state index contributed by atoms with van der Waals surface area (Å²) in [5.74, 6) is 4.58. The Hall–Kier alpha value is -1.40. The first-order chi connectivity index (χ1) is 10.4. The minimum Gasteiger partial charge on any atom is -0.378 e. The van der Waals surface area contributed by atoms with Gasteiger partial charge in [-0.3, -0.25) is 0 Å². The Morgan fingerprint density at radius 3 is 3.00 bits per heavy atom. The summed E-state index contributed by atoms with van der Waals surface area (Å²) in [4.78, 5) is 11.0. The van der Waals surface area contributed by atoms with Crippen LogP contribution in [-0.4, -0.2) is 55.9 Å². The van der Waals surface area contributed by atoms with Crippen LogP contribution in [0.4, 0.5) is 11.6 Å². The van der Waals surface area contributed by atoms with E-state index in [1.165, 1.54) is 19.5 Å². The Balaban J connectivity index is 1.35. The van der Waals surface area contributed by atoms with E-state index in [0.717, 1.165) is 62.2 Å². The SMILES string of the molecule is c1nc(NCC2C3CCNCC32)cc(N2CCOCC2)n1. The van der Waals surface area contributed by atoms with Gasteiger partial charge in [0.15, 0.2) is 0 Å². The van der Waals surface area contributed by atoms with E-state index in [2.05, 4.69) is 31.6 Å². The smallest absolute Gasteiger partial charge is 0.134 e. The van der Waals surface area contributed by atoms with Crippen LogP contribution in [0.15, 0.2) is 12.4 Å². The average molecular weight is 289 g/mol. The Bertz CT molecular complexity index is 479. The van der Waals surface area contributed by atoms with Crippen molar-refractivity contribution < 1.29 is 4.74 Å². The second-order valence-corrected chi connectivity index (χ2v) is 6.23. The molecular weight excluding hydrogens is 266 g/mol. The van der Waals surface area contributed by atoms with E-state index in [-0.39, 0.29) is 0 Å². The molecule has 2 N–H and O–H groups in total. The molecular formula is C15H23N5O. The van der Waals surface area contributed by atoms with Crippen molar-refractivity contribution in [1.29, 1.82) is 0 Å². The second-order valence-electron chi connectivity index (χ2n) is 6.23. The minimum absolute atomic E-state index is 0.783. The van der Waals surface area contributed by atoms with Gasteiger partial charge in [0.1, 0.15) is 18.0 Å². The summed E-state index contributed by atoms with van der Waals surface area (Å²) in [6.45, 7) is 6.81. The Kier molecular flexibility index (Phi) is 3.65. The number of fused-ring (bicyclic) bond motifs is 1. The molecule has 0 aromatic carbocycles. The molecule has 0 bridgehead atoms. The Labute approximate surface area is 125 Å². The van der Waals surface area contributed by atoms with Gasteiger partial charge >= 0.3 is 0 Å². The van der Waals surface area contributed by atoms with Crippen LogP contribution in [0, 0.1) is 17.8 Å². The van der Waals surface area contributed by atoms with Crippen LogP contribution in [0.1, 0.15) is 6.42 Å². The van der Waals surface area contributed by atoms with Gasteiger partial charge < -0.3 is 20.3 Å². The van der Waals surface area contributed by atoms with Crippen molar-refractivity contribution in [2.24, 2.45) is 17.8 Å². The predicted molar refractivity (Wildman–Crippen MR) is 81.5 cm³/mol. The molecule has 3 unspecified atom stereocenters. The molecule has 0 spiro atoms. The number of aromatic nitrogens is 2. The maximum absolute atomic E-state index is 5.39. The van der Waals surface area contributed by atoms with Crippen LogP contribution in [0.3, 0.4) is 0 Å². The van der Waals surface area contributed by atoms with E-state index >= 15 is 0 Å². The van der Waals surface area contributed by atoms with Gasteiger partial charge in [0.05, 0.1) is 13.2 Å². The van der Waals surface area contributed by atoms with Gasteiger partial charge in [0.25, 0.3) is 0 Å². The van der Waals surface area contributed by atoms with Crippen molar-refractivity contribution in [3.05, 3.63) is 12.4 Å². The third-order valence-corrected chi connectivity index (χ3v) is 5.05. The molecule has 6 heteroatoms. The van der Waals surface area contributed by atoms with Crippen molar-refractivity contribution in [2.45, 2.75) is 6.42 Å². The number of nitrogens with zero attached hydrogens (tertiary/aromatic N) is 3. The molecule has 4 rings (SSSR count). The van der Waals surface area contributed by atoms with Crippen LogP contribution < -0.4 is 15.5 Å². The molecule has 114 valence electrons. The van der Waals surface area contributed by atoms with Crippen molar-refractivity contribution in [3.8, 4) is 0 Å². The zero-order valence-electron chi connectivity index (χ0n) is 12.3. The maximum atomic E-state index is 5.39. The summed E-state index contributed by atoms with van der Waals surface area (Å²) < 4.78 is 5.39. The predicted octanol–water partition coefficient (Wildman–Crippen LogP) is 0.581. The highest BCUT2D eigenvalue weighted by atomic mass is 16.5. The lowest BCUT2D eigenvalue weighted by atomic mass is 10.2. The van der Waals surface area contributed by atoms with Gasteiger partial charge in [-0.05, 0) is 37.3 Å². The molecule has 2 aliphatic heterocycles. The molecule has 3 heterocycles. The van der Waals surface area contributed by atoms with Crippen LogP contribution in [0.5, 0.6) is 0 Å². The third kappa shape index (κ3) is 2.82. The normalized spacial score (nSPS) is 31.6. The summed E-state index contributed by atoms with van der Waals surface area (Å²) in [5.41, 5.74) is 0. The zero-order chi connectivity index (χ0) is 14.1. The number of hydrogen-bond acceptors (Lipinski definition) is 6. The van der Waals surface area contributed by atoms with Crippen LogP contribution in [0.25, 0.3) is 0 Å². The van der Waals surface area contributed by atoms with Gasteiger partial charge in [-0.1, -0.05) is 0 Å². The number of hydrogen-bond donors (Lipinski definition) is 2. The summed E-state index contributed by atoms with van der Waals surface area (Å²) in [5, 5.41) is 6.99. The molecule has 3 atom stereocenters. The van der Waals surface area contributed by atoms with Crippen molar-refractivity contribution in [2.75, 3.05) is 56.2 Å². The first-order valence-electron chi connectivity index (χ1n) is 8.01. The van der Waals surface area contributed by atoms with Gasteiger partial charge in [0.2, 0.25) is 0 Å². The fraction of sp³-hybridized carbons (Fsp3) is 0.733. The lowest BCUT2D eigenvalue weighted by Crippen LogP contribution is -2.36. The van der Waals surface area contributed by atoms with Crippen LogP contribution in [-0.2, 0) is 4.74 Å². The number of anilines is 2. The summed E-state index contributed by atoms with van der Waals surface area (Å²) in [6, 6.07) is 2.07. The third-order valence-electron chi connectivity index (χ3n) is 5.05. The fourth-order valence-electron chi connectivity index (χ4n) is 3.73. The lowest BCUT2D eigenvalue weighted by Gasteiger charge is -2.27. The topological polar surface area (TPSA) is 62.3 Å². The highest BCUT2D eigenvalue weighted by Gasteiger charge is 2.50. The van der Waals surface area contributed by atoms with Crippen molar-refractivity contribution in [3.63, 3.8) is 0 Å².